The molecule has 7 nitrogen and oxygen atoms in total. The fourth-order valence-corrected chi connectivity index (χ4v) is 2.28. The fraction of sp³-hybridized carbons (Fsp3) is 0.0909. The fourth-order valence-electron chi connectivity index (χ4n) is 1.54. The van der Waals surface area contributed by atoms with Gasteiger partial charge in [0.15, 0.2) is 21.4 Å². The largest absolute Gasteiger partial charge is 0.504 e. The number of benzene rings is 1. The van der Waals surface area contributed by atoms with E-state index >= 15 is 0 Å². The molecule has 1 aromatic heterocycles. The van der Waals surface area contributed by atoms with Crippen LogP contribution in [0.25, 0.3) is 11.3 Å². The second-order valence-corrected chi connectivity index (χ2v) is 5.91. The second-order valence-electron chi connectivity index (χ2n) is 3.93. The summed E-state index contributed by atoms with van der Waals surface area (Å²) in [6.07, 6.45) is 0.795. The van der Waals surface area contributed by atoms with E-state index in [4.69, 9.17) is 5.11 Å². The van der Waals surface area contributed by atoms with Crippen molar-refractivity contribution in [2.45, 2.75) is 4.90 Å². The van der Waals surface area contributed by atoms with Crippen molar-refractivity contribution >= 4 is 15.8 Å². The third-order valence-electron chi connectivity index (χ3n) is 2.48. The van der Waals surface area contributed by atoms with E-state index in [1.807, 2.05) is 0 Å². The minimum atomic E-state index is -3.84. The lowest BCUT2D eigenvalue weighted by Gasteiger charge is -2.06. The number of hydrogen-bond donors (Lipinski definition) is 2. The summed E-state index contributed by atoms with van der Waals surface area (Å²) in [7, 11) is -3.84. The van der Waals surface area contributed by atoms with Gasteiger partial charge < -0.3 is 14.7 Å². The standard InChI is InChI=1S/C11H8FNO6S/c1-20(17,18)8-3-2-5(10(14)9(8)12)6-4-7(11(15)16)19-13-6/h2-4,14H,1H3,(H,15,16). The number of rotatable bonds is 3. The molecule has 0 bridgehead atoms. The van der Waals surface area contributed by atoms with Crippen LogP contribution in [-0.2, 0) is 9.84 Å². The predicted octanol–water partition coefficient (Wildman–Crippen LogP) is 1.29. The summed E-state index contributed by atoms with van der Waals surface area (Å²) in [5.74, 6) is -4.15. The Hall–Kier alpha value is -2.42. The molecule has 2 rings (SSSR count). The zero-order chi connectivity index (χ0) is 15.1. The van der Waals surface area contributed by atoms with E-state index in [2.05, 4.69) is 9.68 Å². The Morgan fingerprint density at radius 2 is 2.05 bits per heavy atom. The number of carbonyl (C=O) groups is 1. The van der Waals surface area contributed by atoms with Crippen LogP contribution in [0.1, 0.15) is 10.6 Å². The smallest absolute Gasteiger partial charge is 0.374 e. The molecule has 0 aliphatic heterocycles. The van der Waals surface area contributed by atoms with E-state index in [1.54, 1.807) is 0 Å². The first-order chi connectivity index (χ1) is 9.21. The highest BCUT2D eigenvalue weighted by molar-refractivity contribution is 7.90. The van der Waals surface area contributed by atoms with Gasteiger partial charge in [-0.05, 0) is 12.1 Å². The molecule has 0 aliphatic carbocycles. The van der Waals surface area contributed by atoms with Crippen LogP contribution in [0.3, 0.4) is 0 Å². The zero-order valence-corrected chi connectivity index (χ0v) is 10.8. The summed E-state index contributed by atoms with van der Waals surface area (Å²) >= 11 is 0. The topological polar surface area (TPSA) is 118 Å². The van der Waals surface area contributed by atoms with Gasteiger partial charge in [-0.2, -0.15) is 0 Å². The molecule has 0 fully saturated rings. The van der Waals surface area contributed by atoms with Gasteiger partial charge in [0.2, 0.25) is 5.76 Å². The summed E-state index contributed by atoms with van der Waals surface area (Å²) < 4.78 is 40.8. The molecule has 0 atom stereocenters. The van der Waals surface area contributed by atoms with E-state index in [0.717, 1.165) is 24.5 Å². The van der Waals surface area contributed by atoms with Gasteiger partial charge in [-0.3, -0.25) is 0 Å². The molecule has 0 unspecified atom stereocenters. The van der Waals surface area contributed by atoms with Crippen molar-refractivity contribution in [1.82, 2.24) is 5.16 Å². The van der Waals surface area contributed by atoms with Crippen molar-refractivity contribution in [2.24, 2.45) is 0 Å². The van der Waals surface area contributed by atoms with Gasteiger partial charge in [-0.25, -0.2) is 17.6 Å². The van der Waals surface area contributed by atoms with Crippen molar-refractivity contribution in [1.29, 1.82) is 0 Å². The molecule has 0 saturated carbocycles. The SMILES string of the molecule is CS(=O)(=O)c1ccc(-c2cc(C(=O)O)on2)c(O)c1F. The maximum atomic E-state index is 13.8. The highest BCUT2D eigenvalue weighted by Gasteiger charge is 2.22. The molecular weight excluding hydrogens is 293 g/mol. The van der Waals surface area contributed by atoms with Crippen LogP contribution in [0.5, 0.6) is 5.75 Å². The predicted molar refractivity (Wildman–Crippen MR) is 63.6 cm³/mol. The molecule has 2 N–H and O–H groups in total. The molecular formula is C11H8FNO6S. The van der Waals surface area contributed by atoms with Gasteiger partial charge in [0, 0.05) is 17.9 Å². The van der Waals surface area contributed by atoms with E-state index in [9.17, 15) is 22.7 Å². The molecule has 0 aliphatic rings. The number of aromatic carboxylic acids is 1. The maximum Gasteiger partial charge on any atom is 0.374 e. The maximum absolute atomic E-state index is 13.8. The molecule has 20 heavy (non-hydrogen) atoms. The first-order valence-corrected chi connectivity index (χ1v) is 7.03. The number of nitrogens with zero attached hydrogens (tertiary/aromatic N) is 1. The molecule has 0 saturated heterocycles. The van der Waals surface area contributed by atoms with Crippen molar-refractivity contribution in [3.63, 3.8) is 0 Å². The van der Waals surface area contributed by atoms with E-state index in [-0.39, 0.29) is 11.3 Å². The minimum Gasteiger partial charge on any atom is -0.504 e. The first-order valence-electron chi connectivity index (χ1n) is 5.13. The number of carboxylic acids is 1. The lowest BCUT2D eigenvalue weighted by molar-refractivity contribution is 0.0652. The number of aromatic nitrogens is 1. The quantitative estimate of drug-likeness (QED) is 0.876. The van der Waals surface area contributed by atoms with E-state index < -0.39 is 38.0 Å². The zero-order valence-electron chi connectivity index (χ0n) is 9.99. The Bertz CT molecular complexity index is 795. The summed E-state index contributed by atoms with van der Waals surface area (Å²) in [6.45, 7) is 0. The van der Waals surface area contributed by atoms with Crippen molar-refractivity contribution in [3.8, 4) is 17.0 Å². The van der Waals surface area contributed by atoms with Crippen LogP contribution >= 0.6 is 0 Å². The van der Waals surface area contributed by atoms with Crippen molar-refractivity contribution < 1.29 is 32.3 Å². The van der Waals surface area contributed by atoms with Gasteiger partial charge in [0.1, 0.15) is 10.6 Å². The Morgan fingerprint density at radius 1 is 1.40 bits per heavy atom. The number of phenolic OH excluding ortho intramolecular Hbond substituents is 1. The van der Waals surface area contributed by atoms with Crippen molar-refractivity contribution in [2.75, 3.05) is 6.26 Å². The van der Waals surface area contributed by atoms with Gasteiger partial charge >= 0.3 is 5.97 Å². The molecule has 0 spiro atoms. The average molecular weight is 301 g/mol. The summed E-state index contributed by atoms with van der Waals surface area (Å²) in [4.78, 5) is 9.97. The normalized spacial score (nSPS) is 11.5. The van der Waals surface area contributed by atoms with Crippen LogP contribution in [-0.4, -0.2) is 36.0 Å². The summed E-state index contributed by atoms with van der Waals surface area (Å²) in [6, 6.07) is 3.05. The van der Waals surface area contributed by atoms with E-state index in [1.165, 1.54) is 0 Å². The molecule has 1 aromatic carbocycles. The average Bonchev–Trinajstić information content (AvgIpc) is 2.80. The third-order valence-corrected chi connectivity index (χ3v) is 3.59. The van der Waals surface area contributed by atoms with Crippen LogP contribution in [0.2, 0.25) is 0 Å². The van der Waals surface area contributed by atoms with Crippen LogP contribution in [0.4, 0.5) is 4.39 Å². The second kappa shape index (κ2) is 4.60. The number of phenols is 1. The summed E-state index contributed by atoms with van der Waals surface area (Å²) in [5.41, 5.74) is -0.301. The highest BCUT2D eigenvalue weighted by atomic mass is 32.2. The highest BCUT2D eigenvalue weighted by Crippen LogP contribution is 2.34. The number of hydrogen-bond acceptors (Lipinski definition) is 6. The lowest BCUT2D eigenvalue weighted by Crippen LogP contribution is -2.01. The molecule has 0 amide bonds. The van der Waals surface area contributed by atoms with Crippen LogP contribution < -0.4 is 0 Å². The number of aromatic hydroxyl groups is 1. The minimum absolute atomic E-state index is 0.126. The van der Waals surface area contributed by atoms with Gasteiger partial charge in [0.25, 0.3) is 0 Å². The molecule has 106 valence electrons. The van der Waals surface area contributed by atoms with Crippen LogP contribution in [0, 0.1) is 5.82 Å². The van der Waals surface area contributed by atoms with Gasteiger partial charge in [-0.1, -0.05) is 5.16 Å². The number of halogens is 1. The number of sulfone groups is 1. The van der Waals surface area contributed by atoms with Crippen molar-refractivity contribution in [3.05, 3.63) is 29.8 Å². The van der Waals surface area contributed by atoms with Gasteiger partial charge in [0.05, 0.1) is 0 Å². The van der Waals surface area contributed by atoms with E-state index in [0.29, 0.717) is 0 Å². The Morgan fingerprint density at radius 3 is 2.55 bits per heavy atom. The Kier molecular flexibility index (Phi) is 3.22. The van der Waals surface area contributed by atoms with Gasteiger partial charge in [-0.15, -0.1) is 0 Å². The van der Waals surface area contributed by atoms with Crippen LogP contribution in [0.15, 0.2) is 27.6 Å². The monoisotopic (exact) mass is 301 g/mol. The third kappa shape index (κ3) is 2.35. The Labute approximate surface area is 112 Å². The Balaban J connectivity index is 2.59. The first kappa shape index (κ1) is 14.0. The summed E-state index contributed by atoms with van der Waals surface area (Å²) in [5, 5.41) is 21.7. The lowest BCUT2D eigenvalue weighted by atomic mass is 10.1. The number of carboxylic acid groups (broad SMARTS) is 1. The molecule has 2 aromatic rings. The molecule has 9 heteroatoms. The molecule has 1 heterocycles. The molecule has 0 radical (unpaired) electrons.